The van der Waals surface area contributed by atoms with E-state index in [0.717, 1.165) is 11.8 Å². The van der Waals surface area contributed by atoms with Crippen LogP contribution in [0, 0.1) is 5.92 Å². The van der Waals surface area contributed by atoms with Crippen LogP contribution in [-0.2, 0) is 4.79 Å². The highest BCUT2D eigenvalue weighted by Gasteiger charge is 2.34. The molecule has 1 aromatic heterocycles. The minimum atomic E-state index is -3.70. The van der Waals surface area contributed by atoms with Crippen molar-refractivity contribution in [1.29, 1.82) is 0 Å². The topological polar surface area (TPSA) is 152 Å². The number of carbonyl (C=O) groups excluding carboxylic acids is 1. The van der Waals surface area contributed by atoms with Crippen LogP contribution in [0.2, 0.25) is 0 Å². The number of hydrogen-bond acceptors (Lipinski definition) is 7. The maximum absolute atomic E-state index is 13.6. The van der Waals surface area contributed by atoms with Gasteiger partial charge >= 0.3 is 18.2 Å². The monoisotopic (exact) mass is 509 g/mol. The van der Waals surface area contributed by atoms with Gasteiger partial charge < -0.3 is 30.5 Å². The van der Waals surface area contributed by atoms with E-state index in [9.17, 15) is 38.8 Å². The summed E-state index contributed by atoms with van der Waals surface area (Å²) < 4.78 is 30.8. The number of nitrogens with one attached hydrogen (secondary N) is 1. The highest BCUT2D eigenvalue weighted by Crippen LogP contribution is 2.36. The number of benzene rings is 1. The Balaban J connectivity index is 1.99. The van der Waals surface area contributed by atoms with Crippen LogP contribution in [0.1, 0.15) is 63.1 Å². The van der Waals surface area contributed by atoms with Gasteiger partial charge in [0.05, 0.1) is 12.1 Å². The summed E-state index contributed by atoms with van der Waals surface area (Å²) in [6.07, 6.45) is -4.30. The third-order valence-electron chi connectivity index (χ3n) is 6.05. The van der Waals surface area contributed by atoms with Gasteiger partial charge in [-0.15, -0.1) is 0 Å². The van der Waals surface area contributed by atoms with Gasteiger partial charge in [-0.2, -0.15) is 0 Å². The van der Waals surface area contributed by atoms with Gasteiger partial charge in [0.15, 0.2) is 5.75 Å². The van der Waals surface area contributed by atoms with Gasteiger partial charge in [0.2, 0.25) is 0 Å². The number of hydrogen-bond donors (Lipinski definition) is 5. The van der Waals surface area contributed by atoms with Gasteiger partial charge in [-0.25, -0.2) is 13.6 Å². The predicted octanol–water partition coefficient (Wildman–Crippen LogP) is 3.79. The summed E-state index contributed by atoms with van der Waals surface area (Å²) >= 11 is 0. The number of halogens is 2. The molecular weight excluding hydrogens is 480 g/mol. The molecule has 0 bridgehead atoms. The molecule has 5 N–H and O–H groups in total. The number of nitrogens with zero attached hydrogens (tertiary/aromatic N) is 2. The van der Waals surface area contributed by atoms with Crippen LogP contribution in [0.3, 0.4) is 0 Å². The van der Waals surface area contributed by atoms with Crippen molar-refractivity contribution in [3.63, 3.8) is 0 Å². The van der Waals surface area contributed by atoms with Crippen molar-refractivity contribution >= 4 is 23.4 Å². The number of carbonyl (C=O) groups is 2. The second-order valence-electron chi connectivity index (χ2n) is 8.94. The summed E-state index contributed by atoms with van der Waals surface area (Å²) in [5, 5.41) is 39.5. The summed E-state index contributed by atoms with van der Waals surface area (Å²) in [5.74, 6) is -2.01. The second kappa shape index (κ2) is 11.1. The van der Waals surface area contributed by atoms with Crippen LogP contribution >= 0.6 is 0 Å². The molecule has 196 valence electrons. The van der Waals surface area contributed by atoms with Crippen LogP contribution in [0.25, 0.3) is 0 Å². The van der Waals surface area contributed by atoms with Crippen molar-refractivity contribution in [1.82, 2.24) is 4.98 Å². The number of urea groups is 1. The van der Waals surface area contributed by atoms with Crippen LogP contribution in [0.5, 0.6) is 5.75 Å². The molecule has 36 heavy (non-hydrogen) atoms. The summed E-state index contributed by atoms with van der Waals surface area (Å²) in [5.41, 5.74) is 0.374. The lowest BCUT2D eigenvalue weighted by Gasteiger charge is -2.37. The molecule has 0 unspecified atom stereocenters. The van der Waals surface area contributed by atoms with E-state index in [4.69, 9.17) is 0 Å². The number of rotatable bonds is 8. The molecule has 1 heterocycles. The van der Waals surface area contributed by atoms with Gasteiger partial charge in [0, 0.05) is 17.8 Å². The number of aliphatic carboxylic acids is 1. The Hall–Kier alpha value is -3.35. The molecule has 1 aliphatic rings. The van der Waals surface area contributed by atoms with Crippen molar-refractivity contribution in [2.24, 2.45) is 5.92 Å². The van der Waals surface area contributed by atoms with E-state index < -0.39 is 41.9 Å². The van der Waals surface area contributed by atoms with Gasteiger partial charge in [-0.3, -0.25) is 14.7 Å². The number of carboxylic acids is 1. The van der Waals surface area contributed by atoms with Crippen molar-refractivity contribution in [2.75, 3.05) is 10.2 Å². The average molecular weight is 510 g/mol. The number of para-hydroxylation sites is 1. The largest absolute Gasteiger partial charge is 0.481 e. The molecule has 0 atom stereocenters. The maximum Gasteiger partial charge on any atom is 0.453 e. The first-order chi connectivity index (χ1) is 16.9. The molecule has 1 aliphatic carbocycles. The standard InChI is InChI=1S/C24H29F2N3O7/c1-13(2)16-5-3-4-6-19(16)29(15-9-7-14(8-10-15)22(30)31)23(32)28-18-12-27-17(21(25)26)11-20(18)36-24(33,34)35/h3-6,11-15,21,33-35H,7-10H2,1-2H3,(H,28,32)(H,30,31). The highest BCUT2D eigenvalue weighted by molar-refractivity contribution is 6.03. The van der Waals surface area contributed by atoms with Gasteiger partial charge in [-0.05, 0) is 43.2 Å². The molecule has 3 rings (SSSR count). The minimum absolute atomic E-state index is 0.0385. The summed E-state index contributed by atoms with van der Waals surface area (Å²) in [6, 6.07) is 6.82. The first-order valence-corrected chi connectivity index (χ1v) is 11.4. The van der Waals surface area contributed by atoms with Crippen molar-refractivity contribution in [3.8, 4) is 5.75 Å². The molecular formula is C24H29F2N3O7. The Bertz CT molecular complexity index is 1080. The number of pyridine rings is 1. The van der Waals surface area contributed by atoms with Crippen molar-refractivity contribution in [2.45, 2.75) is 64.1 Å². The predicted molar refractivity (Wildman–Crippen MR) is 125 cm³/mol. The lowest BCUT2D eigenvalue weighted by atomic mass is 9.85. The van der Waals surface area contributed by atoms with Gasteiger partial charge in [0.25, 0.3) is 6.43 Å². The first-order valence-electron chi connectivity index (χ1n) is 11.4. The minimum Gasteiger partial charge on any atom is -0.481 e. The molecule has 1 aromatic carbocycles. The van der Waals surface area contributed by atoms with Crippen molar-refractivity contribution < 1.29 is 43.5 Å². The molecule has 0 aliphatic heterocycles. The third kappa shape index (κ3) is 6.65. The zero-order valence-electron chi connectivity index (χ0n) is 19.8. The summed E-state index contributed by atoms with van der Waals surface area (Å²) in [6.45, 7) is 3.91. The van der Waals surface area contributed by atoms with Crippen LogP contribution in [0.15, 0.2) is 36.5 Å². The molecule has 1 saturated carbocycles. The van der Waals surface area contributed by atoms with E-state index in [1.54, 1.807) is 12.1 Å². The third-order valence-corrected chi connectivity index (χ3v) is 6.05. The number of anilines is 2. The summed E-state index contributed by atoms with van der Waals surface area (Å²) in [7, 11) is 0. The number of alkyl halides is 2. The molecule has 12 heteroatoms. The first kappa shape index (κ1) is 27.2. The molecule has 1 fully saturated rings. The number of aliphatic hydroxyl groups is 3. The van der Waals surface area contributed by atoms with Gasteiger partial charge in [0.1, 0.15) is 11.4 Å². The molecule has 0 saturated heterocycles. The lowest BCUT2D eigenvalue weighted by molar-refractivity contribution is -0.419. The maximum atomic E-state index is 13.6. The Morgan fingerprint density at radius 1 is 1.14 bits per heavy atom. The van der Waals surface area contributed by atoms with Crippen molar-refractivity contribution in [3.05, 3.63) is 47.8 Å². The molecule has 10 nitrogen and oxygen atoms in total. The fourth-order valence-electron chi connectivity index (χ4n) is 4.32. The SMILES string of the molecule is CC(C)c1ccccc1N(C(=O)Nc1cnc(C(F)F)cc1OC(O)(O)O)C1CCC(C(=O)O)CC1. The van der Waals surface area contributed by atoms with E-state index in [-0.39, 0.29) is 17.6 Å². The van der Waals surface area contributed by atoms with E-state index >= 15 is 0 Å². The number of aromatic nitrogens is 1. The highest BCUT2D eigenvalue weighted by atomic mass is 19.3. The average Bonchev–Trinajstić information content (AvgIpc) is 2.80. The van der Waals surface area contributed by atoms with Gasteiger partial charge in [-0.1, -0.05) is 32.0 Å². The smallest absolute Gasteiger partial charge is 0.453 e. The Labute approximate surface area is 206 Å². The second-order valence-corrected chi connectivity index (χ2v) is 8.94. The number of ether oxygens (including phenoxy) is 1. The molecule has 2 aromatic rings. The quantitative estimate of drug-likeness (QED) is 0.337. The fraction of sp³-hybridized carbons (Fsp3) is 0.458. The normalized spacial score (nSPS) is 18.2. The molecule has 0 spiro atoms. The zero-order chi connectivity index (χ0) is 26.6. The van der Waals surface area contributed by atoms with E-state index in [0.29, 0.717) is 37.4 Å². The Morgan fingerprint density at radius 3 is 2.33 bits per heavy atom. The lowest BCUT2D eigenvalue weighted by Crippen LogP contribution is -2.46. The van der Waals surface area contributed by atoms with E-state index in [2.05, 4.69) is 15.0 Å². The van der Waals surface area contributed by atoms with E-state index in [1.165, 1.54) is 4.90 Å². The molecule has 0 radical (unpaired) electrons. The van der Waals surface area contributed by atoms with Crippen LogP contribution in [0.4, 0.5) is 25.0 Å². The number of carboxylic acid groups (broad SMARTS) is 1. The van der Waals surface area contributed by atoms with E-state index in [1.807, 2.05) is 26.0 Å². The Morgan fingerprint density at radius 2 is 1.78 bits per heavy atom. The fourth-order valence-corrected chi connectivity index (χ4v) is 4.32. The zero-order valence-corrected chi connectivity index (χ0v) is 19.8. The van der Waals surface area contributed by atoms with Crippen LogP contribution in [-0.4, -0.2) is 49.6 Å². The molecule has 2 amide bonds. The van der Waals surface area contributed by atoms with Crippen LogP contribution < -0.4 is 15.0 Å². The number of amides is 2. The Kier molecular flexibility index (Phi) is 8.43. The summed E-state index contributed by atoms with van der Waals surface area (Å²) in [4.78, 5) is 30.1.